The summed E-state index contributed by atoms with van der Waals surface area (Å²) in [6.45, 7) is 0.990. The average Bonchev–Trinajstić information content (AvgIpc) is 2.98. The number of carbonyl (C=O) groups is 1. The van der Waals surface area contributed by atoms with E-state index in [4.69, 9.17) is 16.3 Å². The summed E-state index contributed by atoms with van der Waals surface area (Å²) in [6.07, 6.45) is 8.81. The monoisotopic (exact) mass is 411 g/mol. The molecule has 1 heterocycles. The molecule has 0 amide bonds. The molecule has 1 aromatic rings. The summed E-state index contributed by atoms with van der Waals surface area (Å²) in [5.74, 6) is -0.919. The van der Waals surface area contributed by atoms with Crippen molar-refractivity contribution in [3.8, 4) is 5.75 Å². The normalized spacial score (nSPS) is 11.6. The van der Waals surface area contributed by atoms with E-state index in [2.05, 4.69) is 16.6 Å². The van der Waals surface area contributed by atoms with Crippen LogP contribution in [0.5, 0.6) is 5.75 Å². The number of aromatic amines is 1. The van der Waals surface area contributed by atoms with E-state index in [0.29, 0.717) is 6.61 Å². The molecule has 0 spiro atoms. The minimum absolute atomic E-state index is 0.0609. The lowest BCUT2D eigenvalue weighted by atomic mass is 10.1. The van der Waals surface area contributed by atoms with Crippen molar-refractivity contribution in [1.82, 2.24) is 4.98 Å². The van der Waals surface area contributed by atoms with Crippen LogP contribution < -0.4 is 4.74 Å². The molecule has 1 rings (SSSR count). The number of carbonyl (C=O) groups excluding carboxylic acids is 1. The number of halogens is 4. The molecule has 0 saturated carbocycles. The van der Waals surface area contributed by atoms with Gasteiger partial charge in [-0.1, -0.05) is 76.3 Å². The number of esters is 1. The van der Waals surface area contributed by atoms with Crippen LogP contribution in [0.2, 0.25) is 5.02 Å². The second-order valence-corrected chi connectivity index (χ2v) is 6.94. The summed E-state index contributed by atoms with van der Waals surface area (Å²) in [5.41, 5.74) is -0.237. The molecule has 0 bridgehead atoms. The highest BCUT2D eigenvalue weighted by atomic mass is 35.5. The van der Waals surface area contributed by atoms with Gasteiger partial charge in [0.2, 0.25) is 0 Å². The number of ether oxygens (including phenoxy) is 2. The van der Waals surface area contributed by atoms with Crippen LogP contribution in [0.4, 0.5) is 13.2 Å². The fraction of sp³-hybridized carbons (Fsp3) is 0.737. The maximum Gasteiger partial charge on any atom is 0.422 e. The molecule has 0 atom stereocenters. The Labute approximate surface area is 163 Å². The van der Waals surface area contributed by atoms with Gasteiger partial charge in [0.1, 0.15) is 10.7 Å². The third-order valence-electron chi connectivity index (χ3n) is 4.11. The molecule has 0 radical (unpaired) electrons. The highest BCUT2D eigenvalue weighted by Crippen LogP contribution is 2.29. The van der Waals surface area contributed by atoms with Crippen molar-refractivity contribution in [2.45, 2.75) is 77.3 Å². The number of aromatic nitrogens is 1. The molecule has 8 heteroatoms. The lowest BCUT2D eigenvalue weighted by Gasteiger charge is -2.07. The first-order chi connectivity index (χ1) is 12.8. The Morgan fingerprint density at radius 1 is 1.04 bits per heavy atom. The largest absolute Gasteiger partial charge is 0.490 e. The summed E-state index contributed by atoms with van der Waals surface area (Å²) in [6, 6.07) is 0. The highest BCUT2D eigenvalue weighted by Gasteiger charge is 2.31. The Morgan fingerprint density at radius 2 is 1.59 bits per heavy atom. The zero-order valence-electron chi connectivity index (χ0n) is 15.8. The lowest BCUT2D eigenvalue weighted by Crippen LogP contribution is -2.20. The third-order valence-corrected chi connectivity index (χ3v) is 4.49. The van der Waals surface area contributed by atoms with Gasteiger partial charge in [0.05, 0.1) is 6.61 Å². The van der Waals surface area contributed by atoms with Crippen LogP contribution >= 0.6 is 11.6 Å². The van der Waals surface area contributed by atoms with Crippen molar-refractivity contribution in [3.63, 3.8) is 0 Å². The topological polar surface area (TPSA) is 51.3 Å². The first kappa shape index (κ1) is 23.7. The summed E-state index contributed by atoms with van der Waals surface area (Å²) in [5, 5.41) is -0.0609. The van der Waals surface area contributed by atoms with Crippen molar-refractivity contribution in [1.29, 1.82) is 0 Å². The number of hydrogen-bond donors (Lipinski definition) is 1. The molecule has 4 nitrogen and oxygen atoms in total. The van der Waals surface area contributed by atoms with Gasteiger partial charge < -0.3 is 14.5 Å². The molecule has 1 N–H and O–H groups in total. The van der Waals surface area contributed by atoms with Gasteiger partial charge in [-0.3, -0.25) is 0 Å². The van der Waals surface area contributed by atoms with Crippen LogP contribution in [0.15, 0.2) is 6.20 Å². The predicted molar refractivity (Wildman–Crippen MR) is 99.5 cm³/mol. The van der Waals surface area contributed by atoms with Gasteiger partial charge >= 0.3 is 12.1 Å². The van der Waals surface area contributed by atoms with Gasteiger partial charge in [-0.25, -0.2) is 4.79 Å². The Morgan fingerprint density at radius 3 is 2.15 bits per heavy atom. The van der Waals surface area contributed by atoms with Gasteiger partial charge in [0.25, 0.3) is 0 Å². The van der Waals surface area contributed by atoms with Gasteiger partial charge in [0.15, 0.2) is 12.4 Å². The molecule has 156 valence electrons. The van der Waals surface area contributed by atoms with Crippen molar-refractivity contribution in [2.75, 3.05) is 13.2 Å². The van der Waals surface area contributed by atoms with E-state index in [9.17, 15) is 18.0 Å². The van der Waals surface area contributed by atoms with Crippen LogP contribution in [0.25, 0.3) is 0 Å². The molecule has 0 fully saturated rings. The van der Waals surface area contributed by atoms with E-state index < -0.39 is 18.8 Å². The molecule has 0 aliphatic heterocycles. The smallest absolute Gasteiger partial charge is 0.422 e. The number of nitrogens with one attached hydrogen (secondary N) is 1. The minimum Gasteiger partial charge on any atom is -0.490 e. The number of unbranched alkanes of at least 4 members (excludes halogenated alkanes) is 9. The first-order valence-corrected chi connectivity index (χ1v) is 9.96. The molecular weight excluding hydrogens is 383 g/mol. The van der Waals surface area contributed by atoms with Crippen LogP contribution in [0.3, 0.4) is 0 Å². The highest BCUT2D eigenvalue weighted by molar-refractivity contribution is 6.34. The van der Waals surface area contributed by atoms with E-state index in [1.807, 2.05) is 0 Å². The number of rotatable bonds is 14. The minimum atomic E-state index is -4.58. The maximum atomic E-state index is 12.1. The Kier molecular flexibility index (Phi) is 11.3. The fourth-order valence-electron chi connectivity index (χ4n) is 2.63. The number of hydrogen-bond acceptors (Lipinski definition) is 3. The van der Waals surface area contributed by atoms with Crippen LogP contribution in [0.1, 0.15) is 81.6 Å². The molecule has 0 saturated heterocycles. The SMILES string of the molecule is CCCCCCCCCCCCOc1c[nH]c(C(=O)OCC(F)(F)F)c1Cl. The van der Waals surface area contributed by atoms with Gasteiger partial charge in [0, 0.05) is 6.20 Å². The molecule has 0 aromatic carbocycles. The molecular formula is C19H29ClF3NO3. The van der Waals surface area contributed by atoms with Crippen molar-refractivity contribution < 1.29 is 27.4 Å². The number of alkyl halides is 3. The number of H-pyrrole nitrogens is 1. The Bertz CT molecular complexity index is 547. The van der Waals surface area contributed by atoms with Crippen LogP contribution in [-0.2, 0) is 4.74 Å². The second-order valence-electron chi connectivity index (χ2n) is 6.56. The lowest BCUT2D eigenvalue weighted by molar-refractivity contribution is -0.161. The van der Waals surface area contributed by atoms with Gasteiger partial charge in [-0.05, 0) is 6.42 Å². The van der Waals surface area contributed by atoms with Gasteiger partial charge in [-0.2, -0.15) is 13.2 Å². The zero-order chi connectivity index (χ0) is 20.1. The van der Waals surface area contributed by atoms with E-state index in [1.54, 1.807) is 0 Å². The summed E-state index contributed by atoms with van der Waals surface area (Å²) in [7, 11) is 0. The quantitative estimate of drug-likeness (QED) is 0.274. The maximum absolute atomic E-state index is 12.1. The molecule has 0 aliphatic carbocycles. The van der Waals surface area contributed by atoms with E-state index in [-0.39, 0.29) is 16.5 Å². The third kappa shape index (κ3) is 10.5. The Hall–Kier alpha value is -1.37. The Balaban J connectivity index is 2.16. The molecule has 0 unspecified atom stereocenters. The average molecular weight is 412 g/mol. The van der Waals surface area contributed by atoms with Crippen molar-refractivity contribution in [3.05, 3.63) is 16.9 Å². The van der Waals surface area contributed by atoms with Crippen molar-refractivity contribution >= 4 is 17.6 Å². The molecule has 1 aromatic heterocycles. The predicted octanol–water partition coefficient (Wildman–Crippen LogP) is 6.69. The second kappa shape index (κ2) is 12.9. The first-order valence-electron chi connectivity index (χ1n) is 9.58. The fourth-order valence-corrected chi connectivity index (χ4v) is 2.87. The van der Waals surface area contributed by atoms with Gasteiger partial charge in [-0.15, -0.1) is 0 Å². The van der Waals surface area contributed by atoms with E-state index in [0.717, 1.165) is 19.3 Å². The van der Waals surface area contributed by atoms with Crippen molar-refractivity contribution in [2.24, 2.45) is 0 Å². The van der Waals surface area contributed by atoms with E-state index >= 15 is 0 Å². The molecule has 0 aliphatic rings. The van der Waals surface area contributed by atoms with Crippen LogP contribution in [0, 0.1) is 0 Å². The van der Waals surface area contributed by atoms with E-state index in [1.165, 1.54) is 51.1 Å². The standard InChI is InChI=1S/C19H29ClF3NO3/c1-2-3-4-5-6-7-8-9-10-11-12-26-15-13-24-17(16(15)20)18(25)27-14-19(21,22)23/h13,24H,2-12,14H2,1H3. The zero-order valence-corrected chi connectivity index (χ0v) is 16.6. The summed E-state index contributed by atoms with van der Waals surface area (Å²) >= 11 is 5.96. The summed E-state index contributed by atoms with van der Waals surface area (Å²) in [4.78, 5) is 14.1. The van der Waals surface area contributed by atoms with Crippen LogP contribution in [-0.4, -0.2) is 30.3 Å². The molecule has 27 heavy (non-hydrogen) atoms. The summed E-state index contributed by atoms with van der Waals surface area (Å²) < 4.78 is 45.9.